The van der Waals surface area contributed by atoms with Crippen LogP contribution in [0.5, 0.6) is 0 Å². The lowest BCUT2D eigenvalue weighted by Gasteiger charge is -2.36. The Balaban J connectivity index is 1.77. The molecule has 18 heavy (non-hydrogen) atoms. The summed E-state index contributed by atoms with van der Waals surface area (Å²) in [7, 11) is 1.87. The summed E-state index contributed by atoms with van der Waals surface area (Å²) in [6.07, 6.45) is 7.87. The van der Waals surface area contributed by atoms with Crippen molar-refractivity contribution in [1.29, 1.82) is 5.26 Å². The minimum Gasteiger partial charge on any atom is -0.376 e. The van der Waals surface area contributed by atoms with Crippen molar-refractivity contribution >= 4 is 0 Å². The minimum atomic E-state index is -0.379. The van der Waals surface area contributed by atoms with Crippen LogP contribution in [-0.2, 0) is 9.47 Å². The lowest BCUT2D eigenvalue weighted by atomic mass is 9.81. The van der Waals surface area contributed by atoms with E-state index in [1.54, 1.807) is 0 Å². The van der Waals surface area contributed by atoms with Crippen LogP contribution in [0.1, 0.15) is 44.9 Å². The van der Waals surface area contributed by atoms with Crippen molar-refractivity contribution in [1.82, 2.24) is 5.32 Å². The molecule has 2 aliphatic rings. The quantitative estimate of drug-likeness (QED) is 0.831. The molecule has 1 N–H and O–H groups in total. The van der Waals surface area contributed by atoms with Crippen LogP contribution < -0.4 is 5.32 Å². The highest BCUT2D eigenvalue weighted by Crippen LogP contribution is 2.29. The predicted molar refractivity (Wildman–Crippen MR) is 69.2 cm³/mol. The number of rotatable bonds is 4. The van der Waals surface area contributed by atoms with E-state index in [1.165, 1.54) is 12.8 Å². The fraction of sp³-hybridized carbons (Fsp3) is 0.929. The van der Waals surface area contributed by atoms with Gasteiger partial charge in [0.25, 0.3) is 0 Å². The highest BCUT2D eigenvalue weighted by Gasteiger charge is 2.35. The molecule has 0 aromatic rings. The fourth-order valence-electron chi connectivity index (χ4n) is 2.93. The van der Waals surface area contributed by atoms with Gasteiger partial charge in [-0.2, -0.15) is 5.26 Å². The Bertz CT molecular complexity index is 297. The molecule has 3 atom stereocenters. The van der Waals surface area contributed by atoms with Crippen molar-refractivity contribution in [2.75, 3.05) is 20.3 Å². The first-order valence-electron chi connectivity index (χ1n) is 7.11. The van der Waals surface area contributed by atoms with Crippen LogP contribution in [0.4, 0.5) is 0 Å². The van der Waals surface area contributed by atoms with Gasteiger partial charge in [0, 0.05) is 13.0 Å². The monoisotopic (exact) mass is 252 g/mol. The first-order valence-corrected chi connectivity index (χ1v) is 7.11. The zero-order chi connectivity index (χ0) is 12.8. The van der Waals surface area contributed by atoms with E-state index >= 15 is 0 Å². The van der Waals surface area contributed by atoms with E-state index in [2.05, 4.69) is 11.4 Å². The molecular weight excluding hydrogens is 228 g/mol. The zero-order valence-corrected chi connectivity index (χ0v) is 11.3. The molecule has 102 valence electrons. The molecule has 0 aromatic carbocycles. The smallest absolute Gasteiger partial charge is 0.109 e. The zero-order valence-electron chi connectivity index (χ0n) is 11.3. The van der Waals surface area contributed by atoms with Crippen molar-refractivity contribution in [2.24, 2.45) is 0 Å². The lowest BCUT2D eigenvalue weighted by Crippen LogP contribution is -2.48. The molecular formula is C14H24N2O2. The molecule has 0 amide bonds. The lowest BCUT2D eigenvalue weighted by molar-refractivity contribution is -0.0751. The molecule has 1 saturated heterocycles. The Kier molecular flexibility index (Phi) is 4.99. The van der Waals surface area contributed by atoms with Crippen LogP contribution in [0.2, 0.25) is 0 Å². The van der Waals surface area contributed by atoms with Gasteiger partial charge in [-0.25, -0.2) is 0 Å². The molecule has 1 aliphatic carbocycles. The second kappa shape index (κ2) is 6.51. The third-order valence-electron chi connectivity index (χ3n) is 4.19. The SMILES string of the molecule is CNC1(C#N)CCCC(OCC2CCCCO2)C1. The second-order valence-electron chi connectivity index (χ2n) is 5.48. The minimum absolute atomic E-state index is 0.205. The summed E-state index contributed by atoms with van der Waals surface area (Å²) in [6, 6.07) is 2.41. The molecule has 1 heterocycles. The summed E-state index contributed by atoms with van der Waals surface area (Å²) in [5, 5.41) is 12.4. The van der Waals surface area contributed by atoms with Crippen molar-refractivity contribution in [3.63, 3.8) is 0 Å². The topological polar surface area (TPSA) is 54.3 Å². The molecule has 2 rings (SSSR count). The Morgan fingerprint density at radius 1 is 1.39 bits per heavy atom. The summed E-state index contributed by atoms with van der Waals surface area (Å²) in [4.78, 5) is 0. The van der Waals surface area contributed by atoms with E-state index in [1.807, 2.05) is 7.05 Å². The highest BCUT2D eigenvalue weighted by atomic mass is 16.5. The van der Waals surface area contributed by atoms with Gasteiger partial charge < -0.3 is 14.8 Å². The Morgan fingerprint density at radius 2 is 2.28 bits per heavy atom. The number of hydrogen-bond acceptors (Lipinski definition) is 4. The maximum Gasteiger partial charge on any atom is 0.109 e. The van der Waals surface area contributed by atoms with Crippen molar-refractivity contribution in [3.8, 4) is 6.07 Å². The van der Waals surface area contributed by atoms with E-state index in [0.29, 0.717) is 6.61 Å². The van der Waals surface area contributed by atoms with Crippen LogP contribution >= 0.6 is 0 Å². The molecule has 0 radical (unpaired) electrons. The molecule has 0 aromatic heterocycles. The summed E-state index contributed by atoms with van der Waals surface area (Å²) >= 11 is 0. The molecule has 3 unspecified atom stereocenters. The van der Waals surface area contributed by atoms with E-state index in [4.69, 9.17) is 9.47 Å². The molecule has 1 aliphatic heterocycles. The average Bonchev–Trinajstić information content (AvgIpc) is 2.46. The van der Waals surface area contributed by atoms with Crippen molar-refractivity contribution < 1.29 is 9.47 Å². The van der Waals surface area contributed by atoms with E-state index in [9.17, 15) is 5.26 Å². The van der Waals surface area contributed by atoms with Gasteiger partial charge in [0.2, 0.25) is 0 Å². The summed E-state index contributed by atoms with van der Waals surface area (Å²) in [5.41, 5.74) is -0.379. The number of nitrogens with zero attached hydrogens (tertiary/aromatic N) is 1. The van der Waals surface area contributed by atoms with Gasteiger partial charge in [-0.3, -0.25) is 0 Å². The van der Waals surface area contributed by atoms with Crippen LogP contribution in [0.25, 0.3) is 0 Å². The highest BCUT2D eigenvalue weighted by molar-refractivity contribution is 5.09. The maximum absolute atomic E-state index is 9.28. The van der Waals surface area contributed by atoms with Crippen LogP contribution in [0, 0.1) is 11.3 Å². The van der Waals surface area contributed by atoms with E-state index in [0.717, 1.165) is 38.7 Å². The first kappa shape index (κ1) is 13.8. The number of ether oxygens (including phenoxy) is 2. The average molecular weight is 252 g/mol. The number of nitriles is 1. The molecule has 1 saturated carbocycles. The molecule has 2 fully saturated rings. The predicted octanol–water partition coefficient (Wildman–Crippen LogP) is 2.00. The molecule has 0 bridgehead atoms. The third-order valence-corrected chi connectivity index (χ3v) is 4.19. The third kappa shape index (κ3) is 3.44. The van der Waals surface area contributed by atoms with Crippen molar-refractivity contribution in [2.45, 2.75) is 62.7 Å². The molecule has 4 heteroatoms. The number of nitrogens with one attached hydrogen (secondary N) is 1. The molecule has 0 spiro atoms. The van der Waals surface area contributed by atoms with Crippen LogP contribution in [0.15, 0.2) is 0 Å². The standard InChI is InChI=1S/C14H24N2O2/c1-16-14(11-15)7-4-6-12(9-14)18-10-13-5-2-3-8-17-13/h12-13,16H,2-10H2,1H3. The summed E-state index contributed by atoms with van der Waals surface area (Å²) in [6.45, 7) is 1.56. The van der Waals surface area contributed by atoms with Gasteiger partial charge in [-0.1, -0.05) is 0 Å². The second-order valence-corrected chi connectivity index (χ2v) is 5.48. The molecule has 4 nitrogen and oxygen atoms in total. The van der Waals surface area contributed by atoms with Crippen molar-refractivity contribution in [3.05, 3.63) is 0 Å². The van der Waals surface area contributed by atoms with Crippen LogP contribution in [0.3, 0.4) is 0 Å². The van der Waals surface area contributed by atoms with Gasteiger partial charge in [-0.05, 0) is 45.6 Å². The van der Waals surface area contributed by atoms with Crippen LogP contribution in [-0.4, -0.2) is 38.0 Å². The maximum atomic E-state index is 9.28. The van der Waals surface area contributed by atoms with Gasteiger partial charge in [0.15, 0.2) is 0 Å². The number of hydrogen-bond donors (Lipinski definition) is 1. The van der Waals surface area contributed by atoms with Gasteiger partial charge in [0.1, 0.15) is 5.54 Å². The Hall–Kier alpha value is -0.630. The Morgan fingerprint density at radius 3 is 2.94 bits per heavy atom. The normalized spacial score (nSPS) is 37.1. The van der Waals surface area contributed by atoms with Gasteiger partial charge in [-0.15, -0.1) is 0 Å². The van der Waals surface area contributed by atoms with Gasteiger partial charge in [0.05, 0.1) is 24.9 Å². The van der Waals surface area contributed by atoms with E-state index < -0.39 is 0 Å². The van der Waals surface area contributed by atoms with E-state index in [-0.39, 0.29) is 17.7 Å². The fourth-order valence-corrected chi connectivity index (χ4v) is 2.93. The summed E-state index contributed by atoms with van der Waals surface area (Å²) < 4.78 is 11.6. The van der Waals surface area contributed by atoms with Gasteiger partial charge >= 0.3 is 0 Å². The first-order chi connectivity index (χ1) is 8.78. The summed E-state index contributed by atoms with van der Waals surface area (Å²) in [5.74, 6) is 0. The Labute approximate surface area is 110 Å². The largest absolute Gasteiger partial charge is 0.376 e.